The van der Waals surface area contributed by atoms with Crippen LogP contribution in [0.4, 0.5) is 5.95 Å². The summed E-state index contributed by atoms with van der Waals surface area (Å²) < 4.78 is 10.9. The number of nitrogens with one attached hydrogen (secondary N) is 1. The number of fused-ring (bicyclic) bond motifs is 1. The van der Waals surface area contributed by atoms with Crippen molar-refractivity contribution in [3.05, 3.63) is 36.2 Å². The fourth-order valence-corrected chi connectivity index (χ4v) is 1.87. The van der Waals surface area contributed by atoms with Crippen molar-refractivity contribution in [1.82, 2.24) is 19.9 Å². The minimum atomic E-state index is 0.118. The van der Waals surface area contributed by atoms with E-state index in [4.69, 9.17) is 15.2 Å². The highest BCUT2D eigenvalue weighted by molar-refractivity contribution is 5.77. The van der Waals surface area contributed by atoms with Crippen molar-refractivity contribution in [1.29, 1.82) is 0 Å². The number of hydrogen-bond acceptors (Lipinski definition) is 6. The quantitative estimate of drug-likeness (QED) is 0.751. The van der Waals surface area contributed by atoms with Crippen molar-refractivity contribution in [2.24, 2.45) is 0 Å². The highest BCUT2D eigenvalue weighted by atomic mass is 16.5. The minimum Gasteiger partial charge on any atom is -0.437 e. The molecule has 0 fully saturated rings. The first kappa shape index (κ1) is 12.4. The van der Waals surface area contributed by atoms with Crippen LogP contribution in [0.15, 0.2) is 30.6 Å². The van der Waals surface area contributed by atoms with E-state index in [0.717, 1.165) is 5.56 Å². The molecule has 3 aromatic rings. The van der Waals surface area contributed by atoms with E-state index in [2.05, 4.69) is 19.9 Å². The molecule has 0 spiro atoms. The summed E-state index contributed by atoms with van der Waals surface area (Å²) in [6.45, 7) is 0.516. The molecule has 7 heteroatoms. The maximum atomic E-state index is 5.76. The summed E-state index contributed by atoms with van der Waals surface area (Å²) in [4.78, 5) is 15.1. The maximum absolute atomic E-state index is 5.76. The molecule has 2 aromatic heterocycles. The van der Waals surface area contributed by atoms with Gasteiger partial charge in [0.15, 0.2) is 5.65 Å². The Balaban J connectivity index is 1.96. The van der Waals surface area contributed by atoms with Gasteiger partial charge in [-0.05, 0) is 17.7 Å². The average molecular weight is 271 g/mol. The third kappa shape index (κ3) is 2.39. The Kier molecular flexibility index (Phi) is 3.18. The molecule has 0 aliphatic heterocycles. The van der Waals surface area contributed by atoms with Gasteiger partial charge in [-0.1, -0.05) is 12.1 Å². The largest absolute Gasteiger partial charge is 0.437 e. The van der Waals surface area contributed by atoms with Crippen molar-refractivity contribution < 1.29 is 9.47 Å². The predicted octanol–water partition coefficient (Wildman–Crippen LogP) is 1.87. The highest BCUT2D eigenvalue weighted by Gasteiger charge is 2.10. The molecule has 20 heavy (non-hydrogen) atoms. The molecule has 0 bridgehead atoms. The van der Waals surface area contributed by atoms with Crippen molar-refractivity contribution in [3.63, 3.8) is 0 Å². The smallest absolute Gasteiger partial charge is 0.250 e. The Morgan fingerprint density at radius 1 is 1.30 bits per heavy atom. The SMILES string of the molecule is COCc1cccc(Oc2nc(N)nc3nc[nH]c23)c1. The van der Waals surface area contributed by atoms with Crippen LogP contribution < -0.4 is 10.5 Å². The Morgan fingerprint density at radius 2 is 2.20 bits per heavy atom. The van der Waals surface area contributed by atoms with Gasteiger partial charge in [-0.25, -0.2) is 4.98 Å². The number of benzene rings is 1. The molecule has 0 unspecified atom stereocenters. The van der Waals surface area contributed by atoms with Crippen molar-refractivity contribution in [2.45, 2.75) is 6.61 Å². The van der Waals surface area contributed by atoms with Crippen LogP contribution in [0.25, 0.3) is 11.2 Å². The number of H-pyrrole nitrogens is 1. The van der Waals surface area contributed by atoms with Gasteiger partial charge in [0.1, 0.15) is 11.3 Å². The lowest BCUT2D eigenvalue weighted by Gasteiger charge is -2.07. The second-order valence-electron chi connectivity index (χ2n) is 4.17. The van der Waals surface area contributed by atoms with E-state index in [1.165, 1.54) is 6.33 Å². The fourth-order valence-electron chi connectivity index (χ4n) is 1.87. The molecule has 0 radical (unpaired) electrons. The second-order valence-corrected chi connectivity index (χ2v) is 4.17. The number of nitrogen functional groups attached to an aromatic ring is 1. The Morgan fingerprint density at radius 3 is 3.05 bits per heavy atom. The van der Waals surface area contributed by atoms with Gasteiger partial charge in [-0.3, -0.25) is 0 Å². The summed E-state index contributed by atoms with van der Waals surface area (Å²) in [7, 11) is 1.65. The number of rotatable bonds is 4. The van der Waals surface area contributed by atoms with Crippen LogP contribution in [0.5, 0.6) is 11.6 Å². The molecule has 102 valence electrons. The third-order valence-corrected chi connectivity index (χ3v) is 2.69. The Labute approximate surface area is 114 Å². The van der Waals surface area contributed by atoms with E-state index in [1.54, 1.807) is 7.11 Å². The van der Waals surface area contributed by atoms with Gasteiger partial charge < -0.3 is 20.2 Å². The predicted molar refractivity (Wildman–Crippen MR) is 73.3 cm³/mol. The molecule has 2 heterocycles. The zero-order valence-electron chi connectivity index (χ0n) is 10.8. The zero-order valence-corrected chi connectivity index (χ0v) is 10.8. The van der Waals surface area contributed by atoms with Crippen LogP contribution in [0.2, 0.25) is 0 Å². The van der Waals surface area contributed by atoms with E-state index in [-0.39, 0.29) is 5.95 Å². The summed E-state index contributed by atoms with van der Waals surface area (Å²) >= 11 is 0. The second kappa shape index (κ2) is 5.14. The normalized spacial score (nSPS) is 10.8. The van der Waals surface area contributed by atoms with Crippen molar-refractivity contribution >= 4 is 17.1 Å². The van der Waals surface area contributed by atoms with Crippen LogP contribution in [0.1, 0.15) is 5.56 Å². The molecular formula is C13H13N5O2. The molecule has 0 aliphatic rings. The van der Waals surface area contributed by atoms with Crippen LogP contribution in [0.3, 0.4) is 0 Å². The molecule has 0 saturated heterocycles. The van der Waals surface area contributed by atoms with Gasteiger partial charge in [0.25, 0.3) is 5.88 Å². The van der Waals surface area contributed by atoms with Crippen molar-refractivity contribution in [3.8, 4) is 11.6 Å². The molecule has 0 saturated carbocycles. The summed E-state index contributed by atoms with van der Waals surface area (Å²) in [5, 5.41) is 0. The van der Waals surface area contributed by atoms with E-state index in [1.807, 2.05) is 24.3 Å². The number of anilines is 1. The zero-order chi connectivity index (χ0) is 13.9. The topological polar surface area (TPSA) is 98.9 Å². The van der Waals surface area contributed by atoms with Gasteiger partial charge in [-0.2, -0.15) is 9.97 Å². The standard InChI is InChI=1S/C13H13N5O2/c1-19-6-8-3-2-4-9(5-8)20-12-10-11(16-7-15-10)17-13(14)18-12/h2-5,7H,6H2,1H3,(H3,14,15,16,17,18). The maximum Gasteiger partial charge on any atom is 0.250 e. The van der Waals surface area contributed by atoms with Crippen LogP contribution >= 0.6 is 0 Å². The summed E-state index contributed by atoms with van der Waals surface area (Å²) in [6.07, 6.45) is 1.52. The number of hydrogen-bond donors (Lipinski definition) is 2. The average Bonchev–Trinajstić information content (AvgIpc) is 2.87. The summed E-state index contributed by atoms with van der Waals surface area (Å²) in [5.74, 6) is 1.11. The molecule has 0 amide bonds. The third-order valence-electron chi connectivity index (χ3n) is 2.69. The van der Waals surface area contributed by atoms with Gasteiger partial charge >= 0.3 is 0 Å². The number of ether oxygens (including phenoxy) is 2. The van der Waals surface area contributed by atoms with Gasteiger partial charge in [0.2, 0.25) is 5.95 Å². The number of aromatic amines is 1. The molecule has 0 atom stereocenters. The van der Waals surface area contributed by atoms with Crippen molar-refractivity contribution in [2.75, 3.05) is 12.8 Å². The van der Waals surface area contributed by atoms with Crippen LogP contribution in [-0.2, 0) is 11.3 Å². The van der Waals surface area contributed by atoms with Gasteiger partial charge in [0.05, 0.1) is 12.9 Å². The monoisotopic (exact) mass is 271 g/mol. The molecule has 3 N–H and O–H groups in total. The first-order valence-corrected chi connectivity index (χ1v) is 5.98. The molecular weight excluding hydrogens is 258 g/mol. The van der Waals surface area contributed by atoms with E-state index >= 15 is 0 Å². The fraction of sp³-hybridized carbons (Fsp3) is 0.154. The first-order valence-electron chi connectivity index (χ1n) is 5.98. The summed E-state index contributed by atoms with van der Waals surface area (Å²) in [5.41, 5.74) is 7.73. The highest BCUT2D eigenvalue weighted by Crippen LogP contribution is 2.26. The minimum absolute atomic E-state index is 0.118. The molecule has 1 aromatic carbocycles. The molecule has 0 aliphatic carbocycles. The number of imidazole rings is 1. The number of methoxy groups -OCH3 is 1. The van der Waals surface area contributed by atoms with E-state index in [9.17, 15) is 0 Å². The lowest BCUT2D eigenvalue weighted by atomic mass is 10.2. The lowest BCUT2D eigenvalue weighted by Crippen LogP contribution is -1.98. The number of nitrogens with zero attached hydrogens (tertiary/aromatic N) is 3. The lowest BCUT2D eigenvalue weighted by molar-refractivity contribution is 0.184. The summed E-state index contributed by atoms with van der Waals surface area (Å²) in [6, 6.07) is 7.55. The molecule has 3 rings (SSSR count). The van der Waals surface area contributed by atoms with Gasteiger partial charge in [-0.15, -0.1) is 0 Å². The number of nitrogens with two attached hydrogens (primary N) is 1. The van der Waals surface area contributed by atoms with E-state index < -0.39 is 0 Å². The van der Waals surface area contributed by atoms with E-state index in [0.29, 0.717) is 29.4 Å². The van der Waals surface area contributed by atoms with Crippen LogP contribution in [0, 0.1) is 0 Å². The van der Waals surface area contributed by atoms with Gasteiger partial charge in [0, 0.05) is 7.11 Å². The molecule has 7 nitrogen and oxygen atoms in total. The first-order chi connectivity index (χ1) is 9.76. The Hall–Kier alpha value is -2.67. The number of aromatic nitrogens is 4. The van der Waals surface area contributed by atoms with Crippen LogP contribution in [-0.4, -0.2) is 27.0 Å². The Bertz CT molecular complexity index is 740.